The van der Waals surface area contributed by atoms with E-state index in [0.717, 1.165) is 23.3 Å². The maximum absolute atomic E-state index is 13.5. The first-order valence-electron chi connectivity index (χ1n) is 12.2. The van der Waals surface area contributed by atoms with Crippen molar-refractivity contribution in [3.63, 3.8) is 0 Å². The van der Waals surface area contributed by atoms with E-state index in [1.807, 2.05) is 6.08 Å². The zero-order valence-electron chi connectivity index (χ0n) is 20.9. The van der Waals surface area contributed by atoms with Crippen LogP contribution in [0.3, 0.4) is 0 Å². The van der Waals surface area contributed by atoms with E-state index in [1.165, 1.54) is 6.07 Å². The van der Waals surface area contributed by atoms with Gasteiger partial charge in [-0.05, 0) is 67.4 Å². The third-order valence-electron chi connectivity index (χ3n) is 6.51. The second-order valence-electron chi connectivity index (χ2n) is 9.34. The predicted molar refractivity (Wildman–Crippen MR) is 136 cm³/mol. The van der Waals surface area contributed by atoms with E-state index < -0.39 is 42.9 Å². The number of fused-ring (bicyclic) bond motifs is 1. The van der Waals surface area contributed by atoms with E-state index in [2.05, 4.69) is 4.90 Å². The number of piperidine rings is 1. The van der Waals surface area contributed by atoms with E-state index in [0.29, 0.717) is 50.6 Å². The van der Waals surface area contributed by atoms with E-state index in [1.54, 1.807) is 18.2 Å². The minimum absolute atomic E-state index is 0. The summed E-state index contributed by atoms with van der Waals surface area (Å²) in [5.41, 5.74) is 0.971. The zero-order chi connectivity index (χ0) is 27.3. The maximum Gasteiger partial charge on any atom is 0.419 e. The van der Waals surface area contributed by atoms with Crippen molar-refractivity contribution in [2.75, 3.05) is 39.6 Å². The maximum atomic E-state index is 13.5. The molecule has 1 saturated heterocycles. The van der Waals surface area contributed by atoms with Crippen molar-refractivity contribution < 1.29 is 46.1 Å². The van der Waals surface area contributed by atoms with Crippen LogP contribution in [0.25, 0.3) is 6.08 Å². The minimum Gasteiger partial charge on any atom is -0.489 e. The lowest BCUT2D eigenvalue weighted by atomic mass is 9.96. The summed E-state index contributed by atoms with van der Waals surface area (Å²) < 4.78 is 82.4. The van der Waals surface area contributed by atoms with E-state index in [4.69, 9.17) is 19.3 Å². The lowest BCUT2D eigenvalue weighted by Gasteiger charge is -2.31. The lowest BCUT2D eigenvalue weighted by Crippen LogP contribution is -2.38. The fourth-order valence-electron chi connectivity index (χ4n) is 4.44. The minimum atomic E-state index is -4.78. The molecule has 2 aliphatic rings. The van der Waals surface area contributed by atoms with Crippen LogP contribution in [-0.4, -0.2) is 61.7 Å². The molecule has 0 spiro atoms. The van der Waals surface area contributed by atoms with Crippen molar-refractivity contribution in [3.05, 3.63) is 58.7 Å². The Morgan fingerprint density at radius 3 is 2.46 bits per heavy atom. The van der Waals surface area contributed by atoms with E-state index in [-0.39, 0.29) is 30.5 Å². The number of carboxylic acids is 1. The van der Waals surface area contributed by atoms with Gasteiger partial charge in [0.1, 0.15) is 43.8 Å². The Hall–Kier alpha value is -3.05. The van der Waals surface area contributed by atoms with Crippen LogP contribution < -0.4 is 14.2 Å². The molecule has 0 saturated carbocycles. The molecule has 0 bridgehead atoms. The highest BCUT2D eigenvalue weighted by Crippen LogP contribution is 2.38. The van der Waals surface area contributed by atoms with E-state index in [9.17, 15) is 26.7 Å². The van der Waals surface area contributed by atoms with E-state index >= 15 is 0 Å². The van der Waals surface area contributed by atoms with Gasteiger partial charge in [0, 0.05) is 18.2 Å². The van der Waals surface area contributed by atoms with Gasteiger partial charge in [-0.1, -0.05) is 6.07 Å². The number of carboxylic acid groups (broad SMARTS) is 1. The number of benzene rings is 2. The van der Waals surface area contributed by atoms with Gasteiger partial charge >= 0.3 is 12.1 Å². The summed E-state index contributed by atoms with van der Waals surface area (Å²) in [6.07, 6.45) is -3.12. The number of carbonyl (C=O) groups is 1. The van der Waals surface area contributed by atoms with Gasteiger partial charge in [0.2, 0.25) is 0 Å². The van der Waals surface area contributed by atoms with Crippen molar-refractivity contribution >= 4 is 24.5 Å². The molecule has 0 atom stereocenters. The molecule has 12 heteroatoms. The second kappa shape index (κ2) is 13.3. The van der Waals surface area contributed by atoms with Gasteiger partial charge in [-0.2, -0.15) is 13.2 Å². The number of rotatable bonds is 10. The van der Waals surface area contributed by atoms with Crippen molar-refractivity contribution in [2.45, 2.75) is 31.7 Å². The van der Waals surface area contributed by atoms with Crippen LogP contribution >= 0.6 is 12.4 Å². The van der Waals surface area contributed by atoms with Crippen molar-refractivity contribution in [1.29, 1.82) is 0 Å². The highest BCUT2D eigenvalue weighted by Gasteiger charge is 2.35. The summed E-state index contributed by atoms with van der Waals surface area (Å²) in [6, 6.07) is 8.37. The van der Waals surface area contributed by atoms with Crippen molar-refractivity contribution in [3.8, 4) is 17.2 Å². The fourth-order valence-corrected chi connectivity index (χ4v) is 4.44. The van der Waals surface area contributed by atoms with Gasteiger partial charge < -0.3 is 19.3 Å². The normalized spacial score (nSPS) is 16.1. The lowest BCUT2D eigenvalue weighted by molar-refractivity contribution is -0.143. The van der Waals surface area contributed by atoms with Crippen LogP contribution in [0.1, 0.15) is 29.5 Å². The first-order valence-corrected chi connectivity index (χ1v) is 12.2. The summed E-state index contributed by atoms with van der Waals surface area (Å²) in [6.45, 7) is -0.201. The number of hydrogen-bond donors (Lipinski definition) is 1. The summed E-state index contributed by atoms with van der Waals surface area (Å²) in [4.78, 5) is 13.3. The van der Waals surface area contributed by atoms with Gasteiger partial charge in [0.15, 0.2) is 6.10 Å². The molecule has 2 aromatic carbocycles. The monoisotopic (exact) mass is 577 g/mol. The highest BCUT2D eigenvalue weighted by molar-refractivity contribution is 5.85. The first kappa shape index (κ1) is 30.5. The number of halogens is 6. The molecule has 2 aromatic rings. The molecule has 0 aromatic heterocycles. The van der Waals surface area contributed by atoms with Crippen LogP contribution in [0, 0.1) is 5.92 Å². The zero-order valence-corrected chi connectivity index (χ0v) is 21.7. The van der Waals surface area contributed by atoms with Crippen LogP contribution in [0.2, 0.25) is 0 Å². The third kappa shape index (κ3) is 7.98. The van der Waals surface area contributed by atoms with Gasteiger partial charge in [-0.15, -0.1) is 12.4 Å². The van der Waals surface area contributed by atoms with Gasteiger partial charge in [0.05, 0.1) is 11.5 Å². The Labute approximate surface area is 228 Å². The molecule has 0 unspecified atom stereocenters. The van der Waals surface area contributed by atoms with Gasteiger partial charge in [0.25, 0.3) is 0 Å². The SMILES string of the molecule is Cl.O=C(O)C1CCN(CC2=Cc3ccc(OCc4ccc(OC(CF)CF)c(C(F)(F)F)c4)cc3OC2)CC1. The second-order valence-corrected chi connectivity index (χ2v) is 9.34. The average Bonchev–Trinajstić information content (AvgIpc) is 2.90. The Morgan fingerprint density at radius 2 is 1.82 bits per heavy atom. The molecule has 0 aliphatic carbocycles. The number of hydrogen-bond acceptors (Lipinski definition) is 5. The Balaban J connectivity index is 0.00000420. The molecule has 0 amide bonds. The van der Waals surface area contributed by atoms with Crippen LogP contribution in [-0.2, 0) is 17.6 Å². The number of aliphatic carboxylic acids is 1. The summed E-state index contributed by atoms with van der Waals surface area (Å²) in [5, 5.41) is 9.15. The molecule has 2 heterocycles. The molecule has 1 fully saturated rings. The van der Waals surface area contributed by atoms with Crippen LogP contribution in [0.5, 0.6) is 17.2 Å². The molecule has 0 radical (unpaired) electrons. The highest BCUT2D eigenvalue weighted by atomic mass is 35.5. The largest absolute Gasteiger partial charge is 0.489 e. The molecule has 39 heavy (non-hydrogen) atoms. The number of alkyl halides is 5. The molecule has 1 N–H and O–H groups in total. The molecule has 2 aliphatic heterocycles. The Morgan fingerprint density at radius 1 is 1.10 bits per heavy atom. The standard InChI is InChI=1S/C27H28F5NO5.ClH/c28-12-22(13-29)38-24-4-1-17(10-23(24)27(30,31)32)15-36-21-3-2-20-9-18(16-37-25(20)11-21)14-33-7-5-19(6-8-33)26(34)35;/h1-4,9-11,19,22H,5-8,12-16H2,(H,34,35);1H. The number of nitrogens with zero attached hydrogens (tertiary/aromatic N) is 1. The van der Waals surface area contributed by atoms with Gasteiger partial charge in [-0.25, -0.2) is 8.78 Å². The average molecular weight is 578 g/mol. The third-order valence-corrected chi connectivity index (χ3v) is 6.51. The Bertz CT molecular complexity index is 1160. The fraction of sp³-hybridized carbons (Fsp3) is 0.444. The molecule has 4 rings (SSSR count). The Kier molecular flexibility index (Phi) is 10.4. The van der Waals surface area contributed by atoms with Crippen molar-refractivity contribution in [2.24, 2.45) is 5.92 Å². The van der Waals surface area contributed by atoms with Crippen LogP contribution in [0.15, 0.2) is 42.0 Å². The smallest absolute Gasteiger partial charge is 0.419 e. The number of ether oxygens (including phenoxy) is 3. The predicted octanol–water partition coefficient (Wildman–Crippen LogP) is 5.97. The van der Waals surface area contributed by atoms with Gasteiger partial charge in [-0.3, -0.25) is 9.69 Å². The summed E-state index contributed by atoms with van der Waals surface area (Å²) >= 11 is 0. The molecule has 6 nitrogen and oxygen atoms in total. The molecular weight excluding hydrogens is 549 g/mol. The van der Waals surface area contributed by atoms with Crippen LogP contribution in [0.4, 0.5) is 22.0 Å². The summed E-state index contributed by atoms with van der Waals surface area (Å²) in [5.74, 6) is -0.691. The first-order chi connectivity index (χ1) is 18.2. The summed E-state index contributed by atoms with van der Waals surface area (Å²) in [7, 11) is 0. The molecular formula is C27H29ClF5NO5. The number of likely N-dealkylation sites (tertiary alicyclic amines) is 1. The topological polar surface area (TPSA) is 68.2 Å². The quantitative estimate of drug-likeness (QED) is 0.351. The molecule has 214 valence electrons. The van der Waals surface area contributed by atoms with Crippen molar-refractivity contribution in [1.82, 2.24) is 4.90 Å².